The van der Waals surface area contributed by atoms with E-state index in [0.29, 0.717) is 6.54 Å². The fourth-order valence-electron chi connectivity index (χ4n) is 2.76. The second-order valence-corrected chi connectivity index (χ2v) is 5.29. The van der Waals surface area contributed by atoms with Crippen molar-refractivity contribution in [2.24, 2.45) is 5.73 Å². The average molecular weight is 270 g/mol. The fraction of sp³-hybridized carbons (Fsp3) is 0.133. The van der Waals surface area contributed by atoms with E-state index in [1.54, 1.807) is 0 Å². The van der Waals surface area contributed by atoms with Gasteiger partial charge < -0.3 is 10.1 Å². The molecule has 19 heavy (non-hydrogen) atoms. The largest absolute Gasteiger partial charge is 0.326 e. The number of fused-ring (bicyclic) bond motifs is 5. The Morgan fingerprint density at radius 3 is 3.00 bits per heavy atom. The van der Waals surface area contributed by atoms with E-state index in [4.69, 9.17) is 22.3 Å². The number of benzene rings is 1. The zero-order valence-electron chi connectivity index (χ0n) is 10.2. The first-order valence-corrected chi connectivity index (χ1v) is 6.63. The third-order valence-electron chi connectivity index (χ3n) is 3.69. The second kappa shape index (κ2) is 3.83. The molecule has 0 fully saturated rings. The van der Waals surface area contributed by atoms with Crippen molar-refractivity contribution >= 4 is 17.2 Å². The van der Waals surface area contributed by atoms with E-state index in [2.05, 4.69) is 16.7 Å². The number of hydrogen-bond donors (Lipinski definition) is 1. The van der Waals surface area contributed by atoms with Crippen molar-refractivity contribution in [3.63, 3.8) is 0 Å². The van der Waals surface area contributed by atoms with Crippen LogP contribution in [0.3, 0.4) is 0 Å². The Morgan fingerprint density at radius 2 is 2.16 bits per heavy atom. The molecule has 0 saturated carbocycles. The number of nitrogens with two attached hydrogens (primary N) is 1. The van der Waals surface area contributed by atoms with Gasteiger partial charge in [-0.15, -0.1) is 0 Å². The van der Waals surface area contributed by atoms with Gasteiger partial charge in [-0.05, 0) is 29.3 Å². The van der Waals surface area contributed by atoms with Gasteiger partial charge in [0.25, 0.3) is 0 Å². The third-order valence-corrected chi connectivity index (χ3v) is 3.93. The lowest BCUT2D eigenvalue weighted by Crippen LogP contribution is -1.99. The van der Waals surface area contributed by atoms with Gasteiger partial charge in [0, 0.05) is 29.7 Å². The van der Waals surface area contributed by atoms with Gasteiger partial charge in [-0.2, -0.15) is 0 Å². The molecular weight excluding hydrogens is 258 g/mol. The van der Waals surface area contributed by atoms with Crippen LogP contribution in [0.25, 0.3) is 16.9 Å². The molecule has 4 rings (SSSR count). The molecule has 3 nitrogen and oxygen atoms in total. The number of pyridine rings is 1. The Labute approximate surface area is 115 Å². The maximum atomic E-state index is 6.06. The molecule has 1 aromatic carbocycles. The second-order valence-electron chi connectivity index (χ2n) is 4.86. The van der Waals surface area contributed by atoms with Crippen LogP contribution in [0.5, 0.6) is 0 Å². The summed E-state index contributed by atoms with van der Waals surface area (Å²) >= 11 is 6.06. The van der Waals surface area contributed by atoms with Gasteiger partial charge >= 0.3 is 0 Å². The van der Waals surface area contributed by atoms with Crippen LogP contribution in [0.1, 0.15) is 16.8 Å². The minimum Gasteiger partial charge on any atom is -0.326 e. The average Bonchev–Trinajstić information content (AvgIpc) is 2.93. The van der Waals surface area contributed by atoms with Crippen molar-refractivity contribution in [3.8, 4) is 11.3 Å². The molecule has 1 aliphatic rings. The van der Waals surface area contributed by atoms with E-state index in [1.807, 2.05) is 24.3 Å². The molecule has 0 amide bonds. The number of imidazole rings is 1. The molecule has 0 radical (unpaired) electrons. The summed E-state index contributed by atoms with van der Waals surface area (Å²) in [4.78, 5) is 4.72. The standard InChI is InChI=1S/C15H12ClN3/c16-11-2-3-12-10(5-11)6-13-15(12)18-14-4-1-9(7-17)8-19(13)14/h1-5,8H,6-7,17H2. The highest BCUT2D eigenvalue weighted by Gasteiger charge is 2.24. The quantitative estimate of drug-likeness (QED) is 0.577. The van der Waals surface area contributed by atoms with Gasteiger partial charge in [-0.25, -0.2) is 4.98 Å². The van der Waals surface area contributed by atoms with Crippen LogP contribution in [-0.2, 0) is 13.0 Å². The van der Waals surface area contributed by atoms with Crippen LogP contribution < -0.4 is 5.73 Å². The predicted octanol–water partition coefficient (Wildman–Crippen LogP) is 3.02. The van der Waals surface area contributed by atoms with Crippen molar-refractivity contribution in [2.75, 3.05) is 0 Å². The Balaban J connectivity index is 1.99. The maximum Gasteiger partial charge on any atom is 0.137 e. The molecule has 0 bridgehead atoms. The molecule has 94 valence electrons. The van der Waals surface area contributed by atoms with Gasteiger partial charge in [-0.3, -0.25) is 0 Å². The maximum absolute atomic E-state index is 6.06. The molecule has 0 saturated heterocycles. The van der Waals surface area contributed by atoms with Crippen LogP contribution in [0.15, 0.2) is 36.5 Å². The van der Waals surface area contributed by atoms with Crippen molar-refractivity contribution in [3.05, 3.63) is 58.4 Å². The van der Waals surface area contributed by atoms with E-state index < -0.39 is 0 Å². The van der Waals surface area contributed by atoms with E-state index in [-0.39, 0.29) is 0 Å². The Kier molecular flexibility index (Phi) is 2.22. The molecule has 0 atom stereocenters. The smallest absolute Gasteiger partial charge is 0.137 e. The van der Waals surface area contributed by atoms with Gasteiger partial charge in [-0.1, -0.05) is 23.7 Å². The lowest BCUT2D eigenvalue weighted by molar-refractivity contribution is 0.991. The monoisotopic (exact) mass is 269 g/mol. The van der Waals surface area contributed by atoms with Crippen LogP contribution in [0.2, 0.25) is 5.02 Å². The summed E-state index contributed by atoms with van der Waals surface area (Å²) in [6.07, 6.45) is 2.95. The summed E-state index contributed by atoms with van der Waals surface area (Å²) in [5, 5.41) is 0.779. The molecule has 2 heterocycles. The molecule has 2 aromatic heterocycles. The molecule has 0 aliphatic heterocycles. The van der Waals surface area contributed by atoms with Crippen LogP contribution in [-0.4, -0.2) is 9.38 Å². The Bertz CT molecular complexity index is 805. The highest BCUT2D eigenvalue weighted by atomic mass is 35.5. The first-order valence-electron chi connectivity index (χ1n) is 6.25. The lowest BCUT2D eigenvalue weighted by Gasteiger charge is -2.02. The summed E-state index contributed by atoms with van der Waals surface area (Å²) in [6, 6.07) is 10.1. The molecule has 4 heteroatoms. The molecule has 1 aliphatic carbocycles. The third kappa shape index (κ3) is 1.52. The first kappa shape index (κ1) is 11.0. The molecule has 3 aromatic rings. The van der Waals surface area contributed by atoms with Crippen molar-refractivity contribution in [1.29, 1.82) is 0 Å². The molecule has 0 spiro atoms. The van der Waals surface area contributed by atoms with Gasteiger partial charge in [0.1, 0.15) is 5.65 Å². The van der Waals surface area contributed by atoms with E-state index >= 15 is 0 Å². The highest BCUT2D eigenvalue weighted by molar-refractivity contribution is 6.30. The van der Waals surface area contributed by atoms with Crippen LogP contribution in [0.4, 0.5) is 0 Å². The van der Waals surface area contributed by atoms with Crippen molar-refractivity contribution < 1.29 is 0 Å². The number of nitrogens with zero attached hydrogens (tertiary/aromatic N) is 2. The van der Waals surface area contributed by atoms with Crippen LogP contribution in [0, 0.1) is 0 Å². The zero-order chi connectivity index (χ0) is 13.0. The Morgan fingerprint density at radius 1 is 1.26 bits per heavy atom. The summed E-state index contributed by atoms with van der Waals surface area (Å²) in [5.41, 5.74) is 12.5. The SMILES string of the molecule is NCc1ccc2nc3c(n2c1)Cc1cc(Cl)ccc1-3. The van der Waals surface area contributed by atoms with E-state index in [1.165, 1.54) is 16.8 Å². The number of hydrogen-bond acceptors (Lipinski definition) is 2. The normalized spacial score (nSPS) is 12.7. The van der Waals surface area contributed by atoms with Crippen molar-refractivity contribution in [1.82, 2.24) is 9.38 Å². The Hall–Kier alpha value is -1.84. The summed E-state index contributed by atoms with van der Waals surface area (Å²) in [6.45, 7) is 0.543. The number of rotatable bonds is 1. The highest BCUT2D eigenvalue weighted by Crippen LogP contribution is 2.37. The van der Waals surface area contributed by atoms with Gasteiger partial charge in [0.15, 0.2) is 0 Å². The minimum absolute atomic E-state index is 0.543. The van der Waals surface area contributed by atoms with Crippen LogP contribution >= 0.6 is 11.6 Å². The van der Waals surface area contributed by atoms with E-state index in [0.717, 1.165) is 28.3 Å². The lowest BCUT2D eigenvalue weighted by atomic mass is 10.1. The fourth-order valence-corrected chi connectivity index (χ4v) is 2.96. The number of aromatic nitrogens is 2. The molecule has 2 N–H and O–H groups in total. The topological polar surface area (TPSA) is 43.3 Å². The predicted molar refractivity (Wildman–Crippen MR) is 76.3 cm³/mol. The first-order chi connectivity index (χ1) is 9.26. The van der Waals surface area contributed by atoms with Crippen molar-refractivity contribution in [2.45, 2.75) is 13.0 Å². The molecule has 0 unspecified atom stereocenters. The minimum atomic E-state index is 0.543. The summed E-state index contributed by atoms with van der Waals surface area (Å²) < 4.78 is 2.14. The summed E-state index contributed by atoms with van der Waals surface area (Å²) in [7, 11) is 0. The van der Waals surface area contributed by atoms with Gasteiger partial charge in [0.05, 0.1) is 11.4 Å². The number of halogens is 1. The van der Waals surface area contributed by atoms with Gasteiger partial charge in [0.2, 0.25) is 0 Å². The summed E-state index contributed by atoms with van der Waals surface area (Å²) in [5.74, 6) is 0. The molecular formula is C15H12ClN3. The zero-order valence-corrected chi connectivity index (χ0v) is 11.0. The van der Waals surface area contributed by atoms with E-state index in [9.17, 15) is 0 Å².